The van der Waals surface area contributed by atoms with Crippen LogP contribution in [0.2, 0.25) is 0 Å². The van der Waals surface area contributed by atoms with Gasteiger partial charge in [0.1, 0.15) is 77.4 Å². The highest BCUT2D eigenvalue weighted by molar-refractivity contribution is 6.02. The van der Waals surface area contributed by atoms with Crippen LogP contribution < -0.4 is 9.47 Å². The number of fused-ring (bicyclic) bond motifs is 1. The smallest absolute Gasteiger partial charge is 0.229 e. The van der Waals surface area contributed by atoms with E-state index in [0.29, 0.717) is 5.56 Å². The minimum atomic E-state index is -1.76. The number of Topliss-reactive ketones (excluding diaryl/α,β-unsaturated/α-hetero) is 1. The average Bonchev–Trinajstić information content (AvgIpc) is 2.94. The predicted octanol–water partition coefficient (Wildman–Crippen LogP) is -1.17. The summed E-state index contributed by atoms with van der Waals surface area (Å²) in [5.41, 5.74) is 0.550. The van der Waals surface area contributed by atoms with Crippen LogP contribution in [0.3, 0.4) is 0 Å². The lowest BCUT2D eigenvalue weighted by atomic mass is 9.95. The molecule has 2 aromatic rings. The lowest BCUT2D eigenvalue weighted by Gasteiger charge is -2.42. The first kappa shape index (κ1) is 29.4. The van der Waals surface area contributed by atoms with E-state index in [1.165, 1.54) is 25.1 Å². The van der Waals surface area contributed by atoms with E-state index < -0.39 is 85.7 Å². The third kappa shape index (κ3) is 5.83. The van der Waals surface area contributed by atoms with Crippen LogP contribution in [0.5, 0.6) is 23.0 Å². The number of carbonyl (C=O) groups is 1. The van der Waals surface area contributed by atoms with Crippen LogP contribution >= 0.6 is 0 Å². The zero-order valence-electron chi connectivity index (χ0n) is 21.8. The Morgan fingerprint density at radius 2 is 1.49 bits per heavy atom. The van der Waals surface area contributed by atoms with Gasteiger partial charge in [0.2, 0.25) is 6.29 Å². The zero-order valence-corrected chi connectivity index (χ0v) is 21.8. The molecule has 224 valence electrons. The predicted molar refractivity (Wildman–Crippen MR) is 134 cm³/mol. The Hall–Kier alpha value is -3.05. The molecule has 0 aliphatic carbocycles. The molecule has 14 nitrogen and oxygen atoms in total. The number of hydrogen-bond acceptors (Lipinski definition) is 14. The fourth-order valence-electron chi connectivity index (χ4n) is 4.98. The van der Waals surface area contributed by atoms with Gasteiger partial charge in [-0.2, -0.15) is 0 Å². The number of carbonyl (C=O) groups excluding carboxylic acids is 1. The minimum Gasteiger partial charge on any atom is -0.508 e. The number of benzene rings is 2. The number of aliphatic hydroxyl groups is 6. The first-order valence-corrected chi connectivity index (χ1v) is 13.0. The molecule has 8 N–H and O–H groups in total. The number of ether oxygens (including phenoxy) is 5. The molecule has 2 saturated heterocycles. The fraction of sp³-hybridized carbons (Fsp3) is 0.519. The summed E-state index contributed by atoms with van der Waals surface area (Å²) in [6.07, 6.45) is -15.6. The van der Waals surface area contributed by atoms with Crippen molar-refractivity contribution in [3.05, 3.63) is 47.5 Å². The van der Waals surface area contributed by atoms with Gasteiger partial charge in [-0.25, -0.2) is 0 Å². The van der Waals surface area contributed by atoms with Crippen LogP contribution in [0.15, 0.2) is 36.4 Å². The molecule has 0 bridgehead atoms. The quantitative estimate of drug-likeness (QED) is 0.202. The van der Waals surface area contributed by atoms with E-state index in [4.69, 9.17) is 23.7 Å². The molecule has 2 aromatic carbocycles. The van der Waals surface area contributed by atoms with Crippen LogP contribution in [0.4, 0.5) is 0 Å². The molecule has 0 radical (unpaired) electrons. The molecule has 5 rings (SSSR count). The Labute approximate surface area is 233 Å². The highest BCUT2D eigenvalue weighted by Gasteiger charge is 2.47. The van der Waals surface area contributed by atoms with Crippen molar-refractivity contribution in [2.75, 3.05) is 6.61 Å². The van der Waals surface area contributed by atoms with E-state index in [-0.39, 0.29) is 29.2 Å². The number of phenolic OH excluding ortho intramolecular Hbond substituents is 2. The molecule has 2 fully saturated rings. The largest absolute Gasteiger partial charge is 0.508 e. The lowest BCUT2D eigenvalue weighted by Crippen LogP contribution is -2.61. The second-order valence-electron chi connectivity index (χ2n) is 10.3. The normalized spacial score (nSPS) is 37.2. The van der Waals surface area contributed by atoms with Gasteiger partial charge in [-0.3, -0.25) is 4.79 Å². The monoisotopic (exact) mass is 580 g/mol. The second-order valence-corrected chi connectivity index (χ2v) is 10.3. The topological polar surface area (TPSA) is 225 Å². The Bertz CT molecular complexity index is 1240. The third-order valence-corrected chi connectivity index (χ3v) is 7.39. The maximum Gasteiger partial charge on any atom is 0.229 e. The van der Waals surface area contributed by atoms with Gasteiger partial charge in [-0.15, -0.1) is 0 Å². The molecular formula is C27H32O14. The number of rotatable bonds is 6. The molecular weight excluding hydrogens is 548 g/mol. The van der Waals surface area contributed by atoms with Gasteiger partial charge >= 0.3 is 0 Å². The summed E-state index contributed by atoms with van der Waals surface area (Å²) in [6, 6.07) is 8.51. The van der Waals surface area contributed by atoms with E-state index in [1.807, 2.05) is 0 Å². The standard InChI is InChI=1S/C27H32O14/c1-10-20(31)22(33)24(35)26(38-10)37-9-18-21(32)23(34)25(36)27(41-18)39-13-6-14(29)19-15(30)8-16(40-17(19)7-13)11-2-4-12(28)5-3-11/h2-7,10,16,18,20-29,31-36H,8-9H2,1H3/t10-,16-,18-,20-,21-,22-,23-,24+,25-,26+,27-/m0/s1. The Kier molecular flexibility index (Phi) is 8.39. The Balaban J connectivity index is 1.30. The first-order valence-electron chi connectivity index (χ1n) is 13.0. The summed E-state index contributed by atoms with van der Waals surface area (Å²) in [5.74, 6) is -0.893. The molecule has 11 atom stereocenters. The van der Waals surface area contributed by atoms with Gasteiger partial charge in [0.25, 0.3) is 0 Å². The minimum absolute atomic E-state index is 0.00149. The van der Waals surface area contributed by atoms with Crippen molar-refractivity contribution in [1.29, 1.82) is 0 Å². The van der Waals surface area contributed by atoms with Crippen LogP contribution in [0.25, 0.3) is 0 Å². The SMILES string of the molecule is C[C@@H]1O[C@@H](OC[C@@H]2O[C@H](Oc3cc(O)c4c(c3)O[C@H](c3ccc(O)cc3)CC4=O)[C@@H](O)[C@@H](O)[C@H]2O)[C@H](O)[C@@H](O)[C@H]1O. The van der Waals surface area contributed by atoms with Gasteiger partial charge in [-0.1, -0.05) is 12.1 Å². The summed E-state index contributed by atoms with van der Waals surface area (Å²) in [5, 5.41) is 81.5. The van der Waals surface area contributed by atoms with Crippen LogP contribution in [-0.2, 0) is 14.2 Å². The maximum atomic E-state index is 12.8. The molecule has 3 heterocycles. The molecule has 0 amide bonds. The van der Waals surface area contributed by atoms with Crippen molar-refractivity contribution in [3.63, 3.8) is 0 Å². The molecule has 0 saturated carbocycles. The van der Waals surface area contributed by atoms with Crippen LogP contribution in [0, 0.1) is 0 Å². The van der Waals surface area contributed by atoms with Crippen LogP contribution in [-0.4, -0.2) is 115 Å². The average molecular weight is 581 g/mol. The second kappa shape index (κ2) is 11.7. The van der Waals surface area contributed by atoms with Crippen molar-refractivity contribution in [2.24, 2.45) is 0 Å². The highest BCUT2D eigenvalue weighted by Crippen LogP contribution is 2.42. The van der Waals surface area contributed by atoms with Crippen molar-refractivity contribution in [1.82, 2.24) is 0 Å². The highest BCUT2D eigenvalue weighted by atomic mass is 16.7. The van der Waals surface area contributed by atoms with E-state index in [0.717, 1.165) is 6.07 Å². The van der Waals surface area contributed by atoms with Crippen molar-refractivity contribution in [2.45, 2.75) is 80.9 Å². The maximum absolute atomic E-state index is 12.8. The molecule has 14 heteroatoms. The summed E-state index contributed by atoms with van der Waals surface area (Å²) in [7, 11) is 0. The van der Waals surface area contributed by atoms with E-state index in [2.05, 4.69) is 0 Å². The molecule has 0 unspecified atom stereocenters. The van der Waals surface area contributed by atoms with Crippen molar-refractivity contribution >= 4 is 5.78 Å². The fourth-order valence-corrected chi connectivity index (χ4v) is 4.98. The molecule has 3 aliphatic heterocycles. The number of ketones is 1. The van der Waals surface area contributed by atoms with Gasteiger partial charge in [0, 0.05) is 12.1 Å². The van der Waals surface area contributed by atoms with E-state index in [9.17, 15) is 45.6 Å². The van der Waals surface area contributed by atoms with E-state index in [1.54, 1.807) is 12.1 Å². The summed E-state index contributed by atoms with van der Waals surface area (Å²) in [6.45, 7) is 0.980. The van der Waals surface area contributed by atoms with Crippen molar-refractivity contribution in [3.8, 4) is 23.0 Å². The van der Waals surface area contributed by atoms with Gasteiger partial charge in [0.15, 0.2) is 12.1 Å². The molecule has 0 spiro atoms. The number of phenols is 2. The summed E-state index contributed by atoms with van der Waals surface area (Å²) >= 11 is 0. The van der Waals surface area contributed by atoms with Gasteiger partial charge < -0.3 is 64.5 Å². The molecule has 3 aliphatic rings. The molecule has 0 aromatic heterocycles. The Morgan fingerprint density at radius 1 is 0.829 bits per heavy atom. The molecule has 41 heavy (non-hydrogen) atoms. The number of hydrogen-bond donors (Lipinski definition) is 8. The van der Waals surface area contributed by atoms with Crippen molar-refractivity contribution < 1.29 is 69.3 Å². The Morgan fingerprint density at radius 3 is 2.20 bits per heavy atom. The van der Waals surface area contributed by atoms with E-state index >= 15 is 0 Å². The lowest BCUT2D eigenvalue weighted by molar-refractivity contribution is -0.318. The van der Waals surface area contributed by atoms with Gasteiger partial charge in [-0.05, 0) is 24.6 Å². The first-order chi connectivity index (χ1) is 19.4. The summed E-state index contributed by atoms with van der Waals surface area (Å²) < 4.78 is 28.0. The summed E-state index contributed by atoms with van der Waals surface area (Å²) in [4.78, 5) is 12.8. The third-order valence-electron chi connectivity index (χ3n) is 7.39. The van der Waals surface area contributed by atoms with Gasteiger partial charge in [0.05, 0.1) is 19.1 Å². The number of aromatic hydroxyl groups is 2. The zero-order chi connectivity index (χ0) is 29.6. The van der Waals surface area contributed by atoms with Crippen LogP contribution in [0.1, 0.15) is 35.4 Å². The number of aliphatic hydroxyl groups excluding tert-OH is 6.